The summed E-state index contributed by atoms with van der Waals surface area (Å²) in [5.74, 6) is 0. The lowest BCUT2D eigenvalue weighted by molar-refractivity contribution is 0.661. The third kappa shape index (κ3) is 6.36. The largest absolute Gasteiger partial charge is 0.310 e. The molecule has 0 bridgehead atoms. The SMILES string of the molecule is CC1(C)c2cc3c(ccc4ccccc43)cc2-c2cccc(N(c3ccc(-c4ccccc4)cc3)c3cccc(N(c4ccccc4)c4ccc(-c5ccccc5)cc4)c3)c21. The van der Waals surface area contributed by atoms with Crippen LogP contribution in [0.25, 0.3) is 54.9 Å². The maximum atomic E-state index is 2.47. The second-order valence-corrected chi connectivity index (χ2v) is 16.6. The van der Waals surface area contributed by atoms with Crippen molar-refractivity contribution in [3.05, 3.63) is 242 Å². The molecule has 1 aliphatic rings. The second-order valence-electron chi connectivity index (χ2n) is 16.6. The Balaban J connectivity index is 1.08. The van der Waals surface area contributed by atoms with Gasteiger partial charge in [-0.25, -0.2) is 0 Å². The number of benzene rings is 10. The van der Waals surface area contributed by atoms with Crippen LogP contribution in [0.2, 0.25) is 0 Å². The van der Waals surface area contributed by atoms with Crippen LogP contribution < -0.4 is 9.80 Å². The van der Waals surface area contributed by atoms with Gasteiger partial charge in [-0.3, -0.25) is 0 Å². The van der Waals surface area contributed by atoms with Crippen molar-refractivity contribution in [2.75, 3.05) is 9.80 Å². The Morgan fingerprint density at radius 2 is 0.803 bits per heavy atom. The first-order valence-electron chi connectivity index (χ1n) is 21.2. The molecule has 10 aromatic carbocycles. The summed E-state index contributed by atoms with van der Waals surface area (Å²) >= 11 is 0. The summed E-state index contributed by atoms with van der Waals surface area (Å²) in [5.41, 5.74) is 16.5. The first-order chi connectivity index (χ1) is 30.0. The minimum atomic E-state index is -0.275. The van der Waals surface area contributed by atoms with Crippen LogP contribution in [0, 0.1) is 0 Å². The number of rotatable bonds is 8. The molecule has 61 heavy (non-hydrogen) atoms. The molecular formula is C59H44N2. The summed E-state index contributed by atoms with van der Waals surface area (Å²) in [4.78, 5) is 4.83. The van der Waals surface area contributed by atoms with Crippen molar-refractivity contribution in [3.63, 3.8) is 0 Å². The topological polar surface area (TPSA) is 6.48 Å². The third-order valence-electron chi connectivity index (χ3n) is 12.6. The van der Waals surface area contributed by atoms with Gasteiger partial charge in [-0.05, 0) is 139 Å². The van der Waals surface area contributed by atoms with Crippen LogP contribution in [-0.4, -0.2) is 0 Å². The van der Waals surface area contributed by atoms with Gasteiger partial charge in [0.1, 0.15) is 0 Å². The lowest BCUT2D eigenvalue weighted by Gasteiger charge is -2.33. The standard InChI is InChI=1S/C59H44N2/c1-59(2)56-40-54-46(29-28-45-20-12-13-25-52(45)54)38-55(56)53-26-15-27-57(58(53)59)61(49-36-32-44(33-37-49)42-18-8-4-9-19-42)51-24-14-23-50(39-51)60(47-21-10-5-11-22-47)48-34-30-43(31-35-48)41-16-6-3-7-17-41/h3-40H,1-2H3. The van der Waals surface area contributed by atoms with E-state index in [4.69, 9.17) is 0 Å². The van der Waals surface area contributed by atoms with E-state index in [0.29, 0.717) is 0 Å². The average Bonchev–Trinajstić information content (AvgIpc) is 3.55. The van der Waals surface area contributed by atoms with Crippen LogP contribution in [0.15, 0.2) is 231 Å². The fraction of sp³-hybridized carbons (Fsp3) is 0.0508. The third-order valence-corrected chi connectivity index (χ3v) is 12.6. The molecule has 0 fully saturated rings. The van der Waals surface area contributed by atoms with Crippen molar-refractivity contribution in [1.82, 2.24) is 0 Å². The zero-order valence-corrected chi connectivity index (χ0v) is 34.3. The molecule has 0 saturated heterocycles. The van der Waals surface area contributed by atoms with Gasteiger partial charge in [0.05, 0.1) is 5.69 Å². The van der Waals surface area contributed by atoms with Crippen LogP contribution in [0.3, 0.4) is 0 Å². The molecule has 10 aromatic rings. The van der Waals surface area contributed by atoms with Crippen LogP contribution >= 0.6 is 0 Å². The van der Waals surface area contributed by atoms with E-state index in [-0.39, 0.29) is 5.41 Å². The summed E-state index contributed by atoms with van der Waals surface area (Å²) in [6, 6.07) is 84.0. The first-order valence-corrected chi connectivity index (χ1v) is 21.2. The van der Waals surface area contributed by atoms with Crippen molar-refractivity contribution < 1.29 is 0 Å². The van der Waals surface area contributed by atoms with E-state index >= 15 is 0 Å². The number of hydrogen-bond acceptors (Lipinski definition) is 2. The molecule has 0 radical (unpaired) electrons. The van der Waals surface area contributed by atoms with Gasteiger partial charge in [0.15, 0.2) is 0 Å². The van der Waals surface area contributed by atoms with Gasteiger partial charge in [0.25, 0.3) is 0 Å². The Bertz CT molecular complexity index is 3190. The van der Waals surface area contributed by atoms with Crippen LogP contribution in [0.5, 0.6) is 0 Å². The van der Waals surface area contributed by atoms with Crippen molar-refractivity contribution >= 4 is 55.7 Å². The van der Waals surface area contributed by atoms with Crippen molar-refractivity contribution in [1.29, 1.82) is 0 Å². The quantitative estimate of drug-likeness (QED) is 0.142. The Hall–Kier alpha value is -7.68. The molecule has 0 aromatic heterocycles. The van der Waals surface area contributed by atoms with E-state index in [1.807, 2.05) is 0 Å². The second kappa shape index (κ2) is 14.9. The molecule has 0 N–H and O–H groups in total. The molecule has 0 spiro atoms. The van der Waals surface area contributed by atoms with Gasteiger partial charge < -0.3 is 9.80 Å². The highest BCUT2D eigenvalue weighted by atomic mass is 15.2. The highest BCUT2D eigenvalue weighted by Gasteiger charge is 2.39. The van der Waals surface area contributed by atoms with Gasteiger partial charge in [0.2, 0.25) is 0 Å². The molecule has 1 aliphatic carbocycles. The molecule has 0 amide bonds. The highest BCUT2D eigenvalue weighted by molar-refractivity contribution is 6.10. The van der Waals surface area contributed by atoms with Crippen LogP contribution in [-0.2, 0) is 5.41 Å². The van der Waals surface area contributed by atoms with E-state index in [0.717, 1.165) is 28.4 Å². The summed E-state index contributed by atoms with van der Waals surface area (Å²) in [5, 5.41) is 5.14. The smallest absolute Gasteiger partial charge is 0.0508 e. The summed E-state index contributed by atoms with van der Waals surface area (Å²) < 4.78 is 0. The molecule has 0 aliphatic heterocycles. The van der Waals surface area contributed by atoms with Crippen molar-refractivity contribution in [2.45, 2.75) is 19.3 Å². The van der Waals surface area contributed by atoms with Gasteiger partial charge in [-0.2, -0.15) is 0 Å². The molecule has 0 atom stereocenters. The maximum absolute atomic E-state index is 2.47. The number of anilines is 6. The monoisotopic (exact) mass is 780 g/mol. The Labute approximate surface area is 358 Å². The van der Waals surface area contributed by atoms with E-state index in [1.54, 1.807) is 0 Å². The molecule has 11 rings (SSSR count). The minimum absolute atomic E-state index is 0.275. The number of fused-ring (bicyclic) bond motifs is 6. The fourth-order valence-electron chi connectivity index (χ4n) is 9.63. The molecule has 290 valence electrons. The zero-order valence-electron chi connectivity index (χ0n) is 34.3. The molecule has 2 heteroatoms. The van der Waals surface area contributed by atoms with E-state index < -0.39 is 0 Å². The van der Waals surface area contributed by atoms with Gasteiger partial charge >= 0.3 is 0 Å². The van der Waals surface area contributed by atoms with Crippen LogP contribution in [0.1, 0.15) is 25.0 Å². The summed E-state index contributed by atoms with van der Waals surface area (Å²) in [6.07, 6.45) is 0. The normalized spacial score (nSPS) is 12.6. The van der Waals surface area contributed by atoms with Crippen molar-refractivity contribution in [2.24, 2.45) is 0 Å². The van der Waals surface area contributed by atoms with Crippen LogP contribution in [0.4, 0.5) is 34.1 Å². The first kappa shape index (κ1) is 36.4. The highest BCUT2D eigenvalue weighted by Crippen LogP contribution is 2.55. The van der Waals surface area contributed by atoms with Gasteiger partial charge in [-0.1, -0.05) is 172 Å². The number of hydrogen-bond donors (Lipinski definition) is 0. The molecule has 0 heterocycles. The molecule has 0 saturated carbocycles. The summed E-state index contributed by atoms with van der Waals surface area (Å²) in [7, 11) is 0. The van der Waals surface area contributed by atoms with E-state index in [1.165, 1.54) is 71.7 Å². The van der Waals surface area contributed by atoms with Crippen molar-refractivity contribution in [3.8, 4) is 33.4 Å². The zero-order chi connectivity index (χ0) is 40.9. The Kier molecular flexibility index (Phi) is 8.86. The lowest BCUT2D eigenvalue weighted by Crippen LogP contribution is -2.21. The Morgan fingerprint density at radius 3 is 1.46 bits per heavy atom. The lowest BCUT2D eigenvalue weighted by atomic mass is 9.80. The number of para-hydroxylation sites is 1. The minimum Gasteiger partial charge on any atom is -0.310 e. The Morgan fingerprint density at radius 1 is 0.311 bits per heavy atom. The summed E-state index contributed by atoms with van der Waals surface area (Å²) in [6.45, 7) is 4.81. The predicted molar refractivity (Wildman–Crippen MR) is 259 cm³/mol. The molecular weight excluding hydrogens is 737 g/mol. The predicted octanol–water partition coefficient (Wildman–Crippen LogP) is 16.6. The van der Waals surface area contributed by atoms with Gasteiger partial charge in [-0.15, -0.1) is 0 Å². The average molecular weight is 781 g/mol. The van der Waals surface area contributed by atoms with Gasteiger partial charge in [0, 0.05) is 33.9 Å². The number of nitrogens with zero attached hydrogens (tertiary/aromatic N) is 2. The molecule has 2 nitrogen and oxygen atoms in total. The maximum Gasteiger partial charge on any atom is 0.0508 e. The molecule has 0 unspecified atom stereocenters. The van der Waals surface area contributed by atoms with E-state index in [9.17, 15) is 0 Å². The van der Waals surface area contributed by atoms with E-state index in [2.05, 4.69) is 254 Å². The fourth-order valence-corrected chi connectivity index (χ4v) is 9.63.